The zero-order chi connectivity index (χ0) is 48.2. The minimum atomic E-state index is -2.07. The Bertz CT molecular complexity index is 1560. The lowest BCUT2D eigenvalue weighted by Crippen LogP contribution is -2.71. The van der Waals surface area contributed by atoms with E-state index in [9.17, 15) is 85.9 Å². The molecule has 5 aliphatic rings. The van der Waals surface area contributed by atoms with Gasteiger partial charge in [-0.2, -0.15) is 0 Å². The maximum Gasteiger partial charge on any atom is 0.217 e. The zero-order valence-electron chi connectivity index (χ0n) is 35.1. The lowest BCUT2D eigenvalue weighted by molar-refractivity contribution is -0.370. The van der Waals surface area contributed by atoms with Gasteiger partial charge < -0.3 is 130 Å². The topological polar surface area (TPSA) is 454 Å². The molecular weight excluding hydrogens is 890 g/mol. The summed E-state index contributed by atoms with van der Waals surface area (Å²) in [5.74, 6) is -2.26. The Hall–Kier alpha value is -2.51. The minimum Gasteiger partial charge on any atom is -0.394 e. The highest BCUT2D eigenvalue weighted by molar-refractivity contribution is 5.74. The fourth-order valence-corrected chi connectivity index (χ4v) is 8.15. The molecule has 0 aromatic rings. The Morgan fingerprint density at radius 1 is 0.400 bits per heavy atom. The molecule has 29 heteroatoms. The molecule has 376 valence electrons. The van der Waals surface area contributed by atoms with E-state index in [1.54, 1.807) is 0 Å². The van der Waals surface area contributed by atoms with Crippen LogP contribution in [-0.2, 0) is 57.0 Å². The monoisotopic (exact) mass is 951 g/mol. The van der Waals surface area contributed by atoms with E-state index in [0.29, 0.717) is 0 Å². The van der Waals surface area contributed by atoms with Crippen LogP contribution in [0.4, 0.5) is 0 Å². The molecule has 0 aliphatic carbocycles. The van der Waals surface area contributed by atoms with E-state index in [-0.39, 0.29) is 0 Å². The van der Waals surface area contributed by atoms with Crippen LogP contribution in [0.15, 0.2) is 0 Å². The van der Waals surface area contributed by atoms with E-state index in [2.05, 4.69) is 16.0 Å². The van der Waals surface area contributed by atoms with E-state index in [4.69, 9.17) is 42.6 Å². The second-order valence-corrected chi connectivity index (χ2v) is 16.2. The highest BCUT2D eigenvalue weighted by Crippen LogP contribution is 2.35. The summed E-state index contributed by atoms with van der Waals surface area (Å²) in [6.45, 7) is -1.15. The number of aliphatic hydroxyl groups excluding tert-OH is 14. The Morgan fingerprint density at radius 3 is 1.17 bits per heavy atom. The number of rotatable bonds is 16. The highest BCUT2D eigenvalue weighted by atomic mass is 16.8. The van der Waals surface area contributed by atoms with Crippen molar-refractivity contribution < 1.29 is 129 Å². The van der Waals surface area contributed by atoms with E-state index < -0.39 is 204 Å². The number of aliphatic hydroxyl groups is 14. The molecule has 0 radical (unpaired) electrons. The van der Waals surface area contributed by atoms with Gasteiger partial charge in [0.25, 0.3) is 0 Å². The highest BCUT2D eigenvalue weighted by Gasteiger charge is 2.56. The third kappa shape index (κ3) is 12.0. The summed E-state index contributed by atoms with van der Waals surface area (Å²) in [5, 5.41) is 155. The van der Waals surface area contributed by atoms with Gasteiger partial charge >= 0.3 is 0 Å². The summed E-state index contributed by atoms with van der Waals surface area (Å²) in [4.78, 5) is 36.7. The first-order valence-electron chi connectivity index (χ1n) is 20.6. The molecule has 5 heterocycles. The number of hydrogen-bond donors (Lipinski definition) is 17. The van der Waals surface area contributed by atoms with Crippen molar-refractivity contribution in [2.45, 2.75) is 174 Å². The number of nitrogens with one attached hydrogen (secondary N) is 3. The van der Waals surface area contributed by atoms with Crippen LogP contribution in [0.1, 0.15) is 20.8 Å². The van der Waals surface area contributed by atoms with Crippen LogP contribution in [0.25, 0.3) is 0 Å². The molecule has 0 unspecified atom stereocenters. The Morgan fingerprint density at radius 2 is 0.738 bits per heavy atom. The van der Waals surface area contributed by atoms with Gasteiger partial charge in [0.2, 0.25) is 17.7 Å². The molecule has 25 atom stereocenters. The predicted molar refractivity (Wildman–Crippen MR) is 201 cm³/mol. The lowest BCUT2D eigenvalue weighted by Gasteiger charge is -2.50. The van der Waals surface area contributed by atoms with Crippen LogP contribution < -0.4 is 16.0 Å². The molecule has 5 saturated heterocycles. The molecule has 65 heavy (non-hydrogen) atoms. The fourth-order valence-electron chi connectivity index (χ4n) is 8.15. The number of hydrogen-bond acceptors (Lipinski definition) is 26. The van der Waals surface area contributed by atoms with E-state index in [1.807, 2.05) is 0 Å². The van der Waals surface area contributed by atoms with Gasteiger partial charge in [-0.05, 0) is 0 Å². The van der Waals surface area contributed by atoms with Crippen molar-refractivity contribution in [2.75, 3.05) is 33.0 Å². The average Bonchev–Trinajstić information content (AvgIpc) is 3.26. The largest absolute Gasteiger partial charge is 0.394 e. The number of ether oxygens (including phenoxy) is 9. The van der Waals surface area contributed by atoms with Crippen molar-refractivity contribution in [2.24, 2.45) is 0 Å². The van der Waals surface area contributed by atoms with Gasteiger partial charge in [0.15, 0.2) is 31.5 Å². The van der Waals surface area contributed by atoms with E-state index in [1.165, 1.54) is 0 Å². The van der Waals surface area contributed by atoms with Gasteiger partial charge in [0.1, 0.15) is 122 Å². The summed E-state index contributed by atoms with van der Waals surface area (Å²) in [7, 11) is 0. The summed E-state index contributed by atoms with van der Waals surface area (Å²) in [6.07, 6.45) is -39.1. The Balaban J connectivity index is 1.33. The van der Waals surface area contributed by atoms with Crippen molar-refractivity contribution in [3.05, 3.63) is 0 Å². The second-order valence-electron chi connectivity index (χ2n) is 16.2. The quantitative estimate of drug-likeness (QED) is 0.0683. The van der Waals surface area contributed by atoms with E-state index in [0.717, 1.165) is 20.8 Å². The van der Waals surface area contributed by atoms with Crippen LogP contribution in [-0.4, -0.2) is 276 Å². The average molecular weight is 952 g/mol. The molecule has 17 N–H and O–H groups in total. The first-order valence-corrected chi connectivity index (χ1v) is 20.6. The molecule has 5 aliphatic heterocycles. The normalized spacial score (nSPS) is 47.1. The van der Waals surface area contributed by atoms with Crippen molar-refractivity contribution in [1.82, 2.24) is 16.0 Å². The molecule has 29 nitrogen and oxygen atoms in total. The third-order valence-corrected chi connectivity index (χ3v) is 11.5. The Kier molecular flexibility index (Phi) is 19.1. The Labute approximate surface area is 369 Å². The first-order chi connectivity index (χ1) is 30.7. The van der Waals surface area contributed by atoms with Crippen LogP contribution >= 0.6 is 0 Å². The van der Waals surface area contributed by atoms with Gasteiger partial charge in [0.05, 0.1) is 33.0 Å². The van der Waals surface area contributed by atoms with Gasteiger partial charge in [0, 0.05) is 20.8 Å². The summed E-state index contributed by atoms with van der Waals surface area (Å²) in [5.41, 5.74) is 0. The standard InChI is InChI=1S/C36H61N3O26/c1-9(44)37-17-22(49)29(13(5-41)58-32(17)56)63-33-18(38-10(2)45)23(50)30(14(6-42)60-33)64-34-19(39-11(3)46)24(51)31(15(7-43)61-34)65-36-28(55)26(53)21(48)16(62-36)8-57-35-27(54)25(52)20(47)12(4-40)59-35/h12-36,40-43,47-56H,4-8H2,1-3H3,(H,37,44)(H,38,45)(H,39,46)/t12-,13-,14-,15-,16-,17-,18-,19-,20-,21-,22-,23-,24-,25+,26+,27+,28+,29-,30-,31-,32-,33+,34+,35+,36+/m1/s1. The molecule has 0 aromatic heterocycles. The third-order valence-electron chi connectivity index (χ3n) is 11.5. The molecule has 5 rings (SSSR count). The predicted octanol–water partition coefficient (Wildman–Crippen LogP) is -11.5. The van der Waals surface area contributed by atoms with Gasteiger partial charge in [-0.1, -0.05) is 0 Å². The van der Waals surface area contributed by atoms with Gasteiger partial charge in [-0.3, -0.25) is 14.4 Å². The second kappa shape index (κ2) is 23.2. The molecule has 5 fully saturated rings. The summed E-state index contributed by atoms with van der Waals surface area (Å²) >= 11 is 0. The molecular formula is C36H61N3O26. The first kappa shape index (κ1) is 53.4. The minimum absolute atomic E-state index is 0.682. The molecule has 0 spiro atoms. The summed E-state index contributed by atoms with van der Waals surface area (Å²) < 4.78 is 51.3. The van der Waals surface area contributed by atoms with Gasteiger partial charge in [-0.15, -0.1) is 0 Å². The summed E-state index contributed by atoms with van der Waals surface area (Å²) in [6, 6.07) is -4.82. The van der Waals surface area contributed by atoms with Crippen molar-refractivity contribution >= 4 is 17.7 Å². The molecule has 0 aromatic carbocycles. The number of carbonyl (C=O) groups excluding carboxylic acids is 3. The number of amides is 3. The van der Waals surface area contributed by atoms with Crippen LogP contribution in [0, 0.1) is 0 Å². The fraction of sp³-hybridized carbons (Fsp3) is 0.917. The van der Waals surface area contributed by atoms with Crippen LogP contribution in [0.5, 0.6) is 0 Å². The molecule has 0 bridgehead atoms. The van der Waals surface area contributed by atoms with E-state index >= 15 is 0 Å². The molecule has 3 amide bonds. The lowest BCUT2D eigenvalue weighted by atomic mass is 9.93. The smallest absolute Gasteiger partial charge is 0.217 e. The SMILES string of the molecule is CC(=O)N[C@@H]1[C@@H](O)[C@H](O[C@@H]2O[C@H](CO)[C@@H](O[C@@H]3O[C@H](CO)[C@@H](O[C@@H]4O[C@H](CO[C@H]5O[C@H](CO)[C@@H](O)[C@H](O)[C@@H]5O)[C@@H](O)[C@H](O)[C@@H]4O)[C@H](O)[C@H]3NC(C)=O)[C@H](O)[C@H]2NC(C)=O)[C@@H](CO)O[C@H]1O. The maximum absolute atomic E-state index is 12.5. The van der Waals surface area contributed by atoms with Crippen LogP contribution in [0.2, 0.25) is 0 Å². The van der Waals surface area contributed by atoms with Crippen molar-refractivity contribution in [1.29, 1.82) is 0 Å². The maximum atomic E-state index is 12.5. The molecule has 0 saturated carbocycles. The van der Waals surface area contributed by atoms with Crippen molar-refractivity contribution in [3.63, 3.8) is 0 Å². The zero-order valence-corrected chi connectivity index (χ0v) is 35.1. The number of carbonyl (C=O) groups is 3. The van der Waals surface area contributed by atoms with Crippen LogP contribution in [0.3, 0.4) is 0 Å². The van der Waals surface area contributed by atoms with Crippen molar-refractivity contribution in [3.8, 4) is 0 Å². The van der Waals surface area contributed by atoms with Gasteiger partial charge in [-0.25, -0.2) is 0 Å².